The van der Waals surface area contributed by atoms with E-state index in [1.807, 2.05) is 0 Å². The molecule has 6 nitrogen and oxygen atoms in total. The van der Waals surface area contributed by atoms with E-state index < -0.39 is 11.9 Å². The SMILES string of the molecule is COc1ccc(C(=O)Oc2ccc(Br)cc2C=NNC(=O)c2ccc(Cl)cc2)cc1. The van der Waals surface area contributed by atoms with Crippen molar-refractivity contribution in [3.05, 3.63) is 92.9 Å². The lowest BCUT2D eigenvalue weighted by atomic mass is 10.2. The zero-order valence-electron chi connectivity index (χ0n) is 15.8. The van der Waals surface area contributed by atoms with Crippen molar-refractivity contribution in [2.75, 3.05) is 7.11 Å². The second-order valence-electron chi connectivity index (χ2n) is 6.01. The molecule has 152 valence electrons. The van der Waals surface area contributed by atoms with Gasteiger partial charge >= 0.3 is 5.97 Å². The van der Waals surface area contributed by atoms with Gasteiger partial charge in [-0.05, 0) is 66.7 Å². The molecule has 0 radical (unpaired) electrons. The van der Waals surface area contributed by atoms with Crippen molar-refractivity contribution in [2.45, 2.75) is 0 Å². The van der Waals surface area contributed by atoms with Crippen LogP contribution in [0, 0.1) is 0 Å². The normalized spacial score (nSPS) is 10.6. The number of benzene rings is 3. The summed E-state index contributed by atoms with van der Waals surface area (Å²) in [6.45, 7) is 0. The van der Waals surface area contributed by atoms with E-state index in [1.165, 1.54) is 6.21 Å². The third kappa shape index (κ3) is 5.68. The van der Waals surface area contributed by atoms with Gasteiger partial charge in [0.25, 0.3) is 5.91 Å². The largest absolute Gasteiger partial charge is 0.497 e. The average Bonchev–Trinajstić information content (AvgIpc) is 2.76. The Morgan fingerprint density at radius 2 is 1.67 bits per heavy atom. The summed E-state index contributed by atoms with van der Waals surface area (Å²) in [5, 5.41) is 4.49. The molecule has 0 fully saturated rings. The van der Waals surface area contributed by atoms with Gasteiger partial charge in [0, 0.05) is 20.6 Å². The Kier molecular flexibility index (Phi) is 7.21. The molecule has 0 unspecified atom stereocenters. The minimum atomic E-state index is -0.528. The number of carbonyl (C=O) groups excluding carboxylic acids is 2. The standard InChI is InChI=1S/C22H16BrClN2O4/c1-29-19-9-4-15(5-10-19)22(28)30-20-11-6-17(23)12-16(20)13-25-26-21(27)14-2-7-18(24)8-3-14/h2-13H,1H3,(H,26,27). The van der Waals surface area contributed by atoms with Crippen LogP contribution in [0.3, 0.4) is 0 Å². The zero-order chi connectivity index (χ0) is 21.5. The Hall–Kier alpha value is -3.16. The van der Waals surface area contributed by atoms with Crippen LogP contribution in [-0.4, -0.2) is 25.2 Å². The predicted molar refractivity (Wildman–Crippen MR) is 119 cm³/mol. The highest BCUT2D eigenvalue weighted by Crippen LogP contribution is 2.23. The zero-order valence-corrected chi connectivity index (χ0v) is 18.1. The van der Waals surface area contributed by atoms with E-state index in [2.05, 4.69) is 26.5 Å². The van der Waals surface area contributed by atoms with Gasteiger partial charge in [0.15, 0.2) is 0 Å². The smallest absolute Gasteiger partial charge is 0.343 e. The number of hydrazone groups is 1. The molecule has 30 heavy (non-hydrogen) atoms. The molecule has 1 amide bonds. The summed E-state index contributed by atoms with van der Waals surface area (Å²) >= 11 is 9.19. The fraction of sp³-hybridized carbons (Fsp3) is 0.0455. The Bertz CT molecular complexity index is 1080. The summed E-state index contributed by atoms with van der Waals surface area (Å²) in [5.74, 6) is 0.0115. The minimum absolute atomic E-state index is 0.295. The van der Waals surface area contributed by atoms with Crippen LogP contribution < -0.4 is 14.9 Å². The lowest BCUT2D eigenvalue weighted by Crippen LogP contribution is -2.17. The maximum Gasteiger partial charge on any atom is 0.343 e. The average molecular weight is 488 g/mol. The number of esters is 1. The first-order valence-corrected chi connectivity index (χ1v) is 9.88. The summed E-state index contributed by atoms with van der Waals surface area (Å²) in [6, 6.07) is 18.1. The van der Waals surface area contributed by atoms with Crippen LogP contribution in [0.4, 0.5) is 0 Å². The first-order valence-electron chi connectivity index (χ1n) is 8.71. The summed E-state index contributed by atoms with van der Waals surface area (Å²) in [5.41, 5.74) is 3.72. The summed E-state index contributed by atoms with van der Waals surface area (Å²) in [6.07, 6.45) is 1.40. The van der Waals surface area contributed by atoms with Crippen molar-refractivity contribution in [1.82, 2.24) is 5.43 Å². The molecule has 0 aliphatic carbocycles. The summed E-state index contributed by atoms with van der Waals surface area (Å²) in [4.78, 5) is 24.6. The van der Waals surface area contributed by atoms with E-state index in [-0.39, 0.29) is 0 Å². The summed E-state index contributed by atoms with van der Waals surface area (Å²) < 4.78 is 11.3. The predicted octanol–water partition coefficient (Wildman–Crippen LogP) is 5.09. The molecule has 0 atom stereocenters. The third-order valence-electron chi connectivity index (χ3n) is 3.98. The van der Waals surface area contributed by atoms with Gasteiger partial charge in [0.2, 0.25) is 0 Å². The molecule has 0 aliphatic rings. The van der Waals surface area contributed by atoms with E-state index in [0.29, 0.717) is 33.2 Å². The first-order chi connectivity index (χ1) is 14.5. The van der Waals surface area contributed by atoms with Gasteiger partial charge < -0.3 is 9.47 Å². The van der Waals surface area contributed by atoms with E-state index >= 15 is 0 Å². The van der Waals surface area contributed by atoms with Gasteiger partial charge in [-0.1, -0.05) is 27.5 Å². The lowest BCUT2D eigenvalue weighted by Gasteiger charge is -2.08. The number of amides is 1. The topological polar surface area (TPSA) is 77.0 Å². The van der Waals surface area contributed by atoms with Crippen LogP contribution >= 0.6 is 27.5 Å². The Morgan fingerprint density at radius 3 is 2.33 bits per heavy atom. The molecule has 3 rings (SSSR count). The van der Waals surface area contributed by atoms with E-state index in [4.69, 9.17) is 21.1 Å². The molecule has 0 aromatic heterocycles. The number of nitrogens with zero attached hydrogens (tertiary/aromatic N) is 1. The first kappa shape index (κ1) is 21.5. The highest BCUT2D eigenvalue weighted by atomic mass is 79.9. The van der Waals surface area contributed by atoms with Gasteiger partial charge in [0.1, 0.15) is 11.5 Å². The Balaban J connectivity index is 1.72. The van der Waals surface area contributed by atoms with Crippen LogP contribution in [-0.2, 0) is 0 Å². The fourth-order valence-corrected chi connectivity index (χ4v) is 2.93. The molecule has 0 aliphatic heterocycles. The van der Waals surface area contributed by atoms with Crippen molar-refractivity contribution in [1.29, 1.82) is 0 Å². The van der Waals surface area contributed by atoms with Crippen molar-refractivity contribution >= 4 is 45.6 Å². The number of carbonyl (C=O) groups is 2. The lowest BCUT2D eigenvalue weighted by molar-refractivity contribution is 0.0734. The van der Waals surface area contributed by atoms with Crippen LogP contribution in [0.1, 0.15) is 26.3 Å². The highest BCUT2D eigenvalue weighted by Gasteiger charge is 2.12. The number of halogens is 2. The molecule has 0 bridgehead atoms. The number of hydrogen-bond donors (Lipinski definition) is 1. The minimum Gasteiger partial charge on any atom is -0.497 e. The molecule has 0 spiro atoms. The molecular weight excluding hydrogens is 472 g/mol. The Labute approximate surface area is 186 Å². The van der Waals surface area contributed by atoms with Crippen LogP contribution in [0.5, 0.6) is 11.5 Å². The number of methoxy groups -OCH3 is 1. The van der Waals surface area contributed by atoms with Crippen LogP contribution in [0.15, 0.2) is 76.3 Å². The molecule has 0 heterocycles. The van der Waals surface area contributed by atoms with E-state index in [1.54, 1.807) is 73.8 Å². The van der Waals surface area contributed by atoms with Crippen molar-refractivity contribution in [3.63, 3.8) is 0 Å². The monoisotopic (exact) mass is 486 g/mol. The van der Waals surface area contributed by atoms with Gasteiger partial charge in [-0.2, -0.15) is 5.10 Å². The molecular formula is C22H16BrClN2O4. The van der Waals surface area contributed by atoms with Crippen molar-refractivity contribution in [3.8, 4) is 11.5 Å². The second kappa shape index (κ2) is 10.0. The van der Waals surface area contributed by atoms with Crippen molar-refractivity contribution < 1.29 is 19.1 Å². The number of rotatable bonds is 6. The molecule has 8 heteroatoms. The molecule has 0 saturated carbocycles. The molecule has 1 N–H and O–H groups in total. The molecule has 3 aromatic carbocycles. The highest BCUT2D eigenvalue weighted by molar-refractivity contribution is 9.10. The fourth-order valence-electron chi connectivity index (χ4n) is 2.43. The van der Waals surface area contributed by atoms with Gasteiger partial charge in [-0.25, -0.2) is 10.2 Å². The number of hydrogen-bond acceptors (Lipinski definition) is 5. The number of ether oxygens (including phenoxy) is 2. The van der Waals surface area contributed by atoms with Gasteiger partial charge in [-0.15, -0.1) is 0 Å². The van der Waals surface area contributed by atoms with Gasteiger partial charge in [-0.3, -0.25) is 4.79 Å². The number of nitrogens with one attached hydrogen (secondary N) is 1. The van der Waals surface area contributed by atoms with Crippen molar-refractivity contribution in [2.24, 2.45) is 5.10 Å². The van der Waals surface area contributed by atoms with E-state index in [0.717, 1.165) is 4.47 Å². The third-order valence-corrected chi connectivity index (χ3v) is 4.72. The van der Waals surface area contributed by atoms with E-state index in [9.17, 15) is 9.59 Å². The Morgan fingerprint density at radius 1 is 1.00 bits per heavy atom. The molecule has 3 aromatic rings. The van der Waals surface area contributed by atoms with Gasteiger partial charge in [0.05, 0.1) is 18.9 Å². The molecule has 0 saturated heterocycles. The van der Waals surface area contributed by atoms with Crippen LogP contribution in [0.2, 0.25) is 5.02 Å². The quantitative estimate of drug-likeness (QED) is 0.227. The maximum absolute atomic E-state index is 12.4. The summed E-state index contributed by atoms with van der Waals surface area (Å²) in [7, 11) is 1.55. The maximum atomic E-state index is 12.4. The second-order valence-corrected chi connectivity index (χ2v) is 7.36. The van der Waals surface area contributed by atoms with Crippen LogP contribution in [0.25, 0.3) is 0 Å².